The molecule has 0 radical (unpaired) electrons. The second-order valence-electron chi connectivity index (χ2n) is 8.96. The van der Waals surface area contributed by atoms with Gasteiger partial charge in [0.2, 0.25) is 11.8 Å². The van der Waals surface area contributed by atoms with Gasteiger partial charge >= 0.3 is 0 Å². The molecule has 0 aliphatic heterocycles. The van der Waals surface area contributed by atoms with Crippen molar-refractivity contribution in [1.29, 1.82) is 0 Å². The third kappa shape index (κ3) is 5.58. The van der Waals surface area contributed by atoms with Gasteiger partial charge in [0.25, 0.3) is 0 Å². The number of nitrogens with one attached hydrogen (secondary N) is 2. The van der Waals surface area contributed by atoms with Gasteiger partial charge in [-0.1, -0.05) is 20.8 Å². The van der Waals surface area contributed by atoms with E-state index in [0.29, 0.717) is 19.4 Å². The highest BCUT2D eigenvalue weighted by atomic mass is 16.2. The first-order valence-corrected chi connectivity index (χ1v) is 9.17. The maximum atomic E-state index is 12.3. The molecule has 1 aliphatic rings. The first-order chi connectivity index (χ1) is 11.5. The van der Waals surface area contributed by atoms with Gasteiger partial charge in [0.1, 0.15) is 5.82 Å². The van der Waals surface area contributed by atoms with E-state index in [4.69, 9.17) is 5.10 Å². The van der Waals surface area contributed by atoms with Crippen LogP contribution in [0.15, 0.2) is 6.07 Å². The second kappa shape index (κ2) is 7.18. The number of rotatable bonds is 6. The van der Waals surface area contributed by atoms with Gasteiger partial charge in [0.15, 0.2) is 0 Å². The average molecular weight is 348 g/mol. The van der Waals surface area contributed by atoms with Crippen LogP contribution in [-0.4, -0.2) is 28.1 Å². The van der Waals surface area contributed by atoms with E-state index < -0.39 is 0 Å². The molecule has 2 rings (SSSR count). The predicted octanol–water partition coefficient (Wildman–Crippen LogP) is 3.18. The molecule has 2 amide bonds. The van der Waals surface area contributed by atoms with E-state index in [0.717, 1.165) is 24.4 Å². The van der Waals surface area contributed by atoms with Crippen molar-refractivity contribution in [1.82, 2.24) is 15.1 Å². The predicted molar refractivity (Wildman–Crippen MR) is 99.5 cm³/mol. The van der Waals surface area contributed by atoms with Crippen LogP contribution in [0.3, 0.4) is 0 Å². The zero-order valence-electron chi connectivity index (χ0n) is 16.4. The first-order valence-electron chi connectivity index (χ1n) is 9.17. The molecule has 0 aromatic carbocycles. The van der Waals surface area contributed by atoms with Crippen molar-refractivity contribution in [3.05, 3.63) is 11.8 Å². The molecule has 2 N–H and O–H groups in total. The summed E-state index contributed by atoms with van der Waals surface area (Å²) in [6.45, 7) is 13.1. The molecular formula is C19H32N4O2. The van der Waals surface area contributed by atoms with Gasteiger partial charge in [-0.2, -0.15) is 5.10 Å². The summed E-state index contributed by atoms with van der Waals surface area (Å²) >= 11 is 0. The summed E-state index contributed by atoms with van der Waals surface area (Å²) in [7, 11) is 0. The Kier molecular flexibility index (Phi) is 5.59. The molecular weight excluding hydrogens is 316 g/mol. The molecule has 1 saturated carbocycles. The zero-order valence-corrected chi connectivity index (χ0v) is 16.4. The summed E-state index contributed by atoms with van der Waals surface area (Å²) in [5.74, 6) is 1.02. The van der Waals surface area contributed by atoms with E-state index in [1.54, 1.807) is 0 Å². The highest BCUT2D eigenvalue weighted by Gasteiger charge is 2.29. The minimum Gasteiger partial charge on any atom is -0.356 e. The van der Waals surface area contributed by atoms with Crippen LogP contribution in [0.4, 0.5) is 5.82 Å². The minimum absolute atomic E-state index is 0.0495. The van der Waals surface area contributed by atoms with Crippen molar-refractivity contribution in [2.75, 3.05) is 11.9 Å². The lowest BCUT2D eigenvalue weighted by Gasteiger charge is -2.23. The lowest BCUT2D eigenvalue weighted by Crippen LogP contribution is -2.28. The normalized spacial score (nSPS) is 15.1. The number of carbonyl (C=O) groups excluding carboxylic acids is 2. The molecule has 0 unspecified atom stereocenters. The van der Waals surface area contributed by atoms with Crippen LogP contribution < -0.4 is 10.6 Å². The molecule has 6 nitrogen and oxygen atoms in total. The SMILES string of the molecule is CC(C)(C)c1cc(NC(=O)CCCNC(=O)C2CC2)n(C(C)(C)C)n1. The van der Waals surface area contributed by atoms with Crippen LogP contribution in [0.2, 0.25) is 0 Å². The molecule has 1 heterocycles. The van der Waals surface area contributed by atoms with Gasteiger partial charge < -0.3 is 10.6 Å². The van der Waals surface area contributed by atoms with Crippen LogP contribution in [0.25, 0.3) is 0 Å². The Bertz CT molecular complexity index is 631. The number of amides is 2. The molecule has 0 spiro atoms. The highest BCUT2D eigenvalue weighted by molar-refractivity contribution is 5.90. The monoisotopic (exact) mass is 348 g/mol. The van der Waals surface area contributed by atoms with Crippen molar-refractivity contribution < 1.29 is 9.59 Å². The Morgan fingerprint density at radius 3 is 2.36 bits per heavy atom. The average Bonchev–Trinajstić information content (AvgIpc) is 3.21. The number of aromatic nitrogens is 2. The van der Waals surface area contributed by atoms with Crippen LogP contribution in [0, 0.1) is 5.92 Å². The van der Waals surface area contributed by atoms with Crippen LogP contribution >= 0.6 is 0 Å². The first kappa shape index (κ1) is 19.5. The molecule has 0 bridgehead atoms. The fourth-order valence-corrected chi connectivity index (χ4v) is 2.50. The largest absolute Gasteiger partial charge is 0.356 e. The molecule has 6 heteroatoms. The molecule has 0 saturated heterocycles. The second-order valence-corrected chi connectivity index (χ2v) is 8.96. The number of hydrogen-bond acceptors (Lipinski definition) is 3. The Hall–Kier alpha value is -1.85. The summed E-state index contributed by atoms with van der Waals surface area (Å²) in [6, 6.07) is 1.96. The number of hydrogen-bond donors (Lipinski definition) is 2. The summed E-state index contributed by atoms with van der Waals surface area (Å²) in [5, 5.41) is 10.6. The molecule has 1 aromatic heterocycles. The fourth-order valence-electron chi connectivity index (χ4n) is 2.50. The Labute approximate surface area is 150 Å². The van der Waals surface area contributed by atoms with Gasteiger partial charge in [-0.25, -0.2) is 4.68 Å². The minimum atomic E-state index is -0.218. The summed E-state index contributed by atoms with van der Waals surface area (Å²) in [5.41, 5.74) is 0.655. The van der Waals surface area contributed by atoms with E-state index in [2.05, 4.69) is 52.2 Å². The van der Waals surface area contributed by atoms with Crippen LogP contribution in [0.1, 0.15) is 72.9 Å². The van der Waals surface area contributed by atoms with Gasteiger partial charge in [-0.15, -0.1) is 0 Å². The van der Waals surface area contributed by atoms with Crippen molar-refractivity contribution in [2.24, 2.45) is 5.92 Å². The molecule has 1 aliphatic carbocycles. The van der Waals surface area contributed by atoms with Crippen molar-refractivity contribution in [3.63, 3.8) is 0 Å². The Morgan fingerprint density at radius 2 is 1.84 bits per heavy atom. The lowest BCUT2D eigenvalue weighted by molar-refractivity contribution is -0.122. The Balaban J connectivity index is 1.92. The third-order valence-corrected chi connectivity index (χ3v) is 4.21. The van der Waals surface area contributed by atoms with E-state index in [1.807, 2.05) is 10.7 Å². The molecule has 25 heavy (non-hydrogen) atoms. The highest BCUT2D eigenvalue weighted by Crippen LogP contribution is 2.29. The van der Waals surface area contributed by atoms with Gasteiger partial charge in [0.05, 0.1) is 11.2 Å². The van der Waals surface area contributed by atoms with Crippen molar-refractivity contribution in [3.8, 4) is 0 Å². The summed E-state index contributed by atoms with van der Waals surface area (Å²) < 4.78 is 1.88. The number of nitrogens with zero attached hydrogens (tertiary/aromatic N) is 2. The van der Waals surface area contributed by atoms with Gasteiger partial charge in [0, 0.05) is 30.4 Å². The van der Waals surface area contributed by atoms with E-state index in [-0.39, 0.29) is 28.7 Å². The number of anilines is 1. The lowest BCUT2D eigenvalue weighted by atomic mass is 9.92. The zero-order chi connectivity index (χ0) is 18.8. The maximum Gasteiger partial charge on any atom is 0.225 e. The fraction of sp³-hybridized carbons (Fsp3) is 0.737. The topological polar surface area (TPSA) is 76.0 Å². The van der Waals surface area contributed by atoms with Gasteiger partial charge in [-0.3, -0.25) is 9.59 Å². The standard InChI is InChI=1S/C19H32N4O2/c1-18(2,3)14-12-15(23(22-14)19(4,5)6)21-16(24)8-7-11-20-17(25)13-9-10-13/h12-13H,7-11H2,1-6H3,(H,20,25)(H,21,24). The number of carbonyl (C=O) groups is 2. The third-order valence-electron chi connectivity index (χ3n) is 4.21. The summed E-state index contributed by atoms with van der Waals surface area (Å²) in [6.07, 6.45) is 3.02. The van der Waals surface area contributed by atoms with E-state index in [9.17, 15) is 9.59 Å². The molecule has 1 fully saturated rings. The van der Waals surface area contributed by atoms with E-state index in [1.165, 1.54) is 0 Å². The van der Waals surface area contributed by atoms with E-state index >= 15 is 0 Å². The Morgan fingerprint density at radius 1 is 1.20 bits per heavy atom. The summed E-state index contributed by atoms with van der Waals surface area (Å²) in [4.78, 5) is 23.8. The molecule has 140 valence electrons. The van der Waals surface area contributed by atoms with Gasteiger partial charge in [-0.05, 0) is 40.0 Å². The van der Waals surface area contributed by atoms with Crippen LogP contribution in [0.5, 0.6) is 0 Å². The van der Waals surface area contributed by atoms with Crippen molar-refractivity contribution in [2.45, 2.75) is 78.2 Å². The smallest absolute Gasteiger partial charge is 0.225 e. The van der Waals surface area contributed by atoms with Crippen LogP contribution in [-0.2, 0) is 20.5 Å². The quantitative estimate of drug-likeness (QED) is 0.775. The van der Waals surface area contributed by atoms with Crippen molar-refractivity contribution >= 4 is 17.6 Å². The maximum absolute atomic E-state index is 12.3. The molecule has 1 aromatic rings. The molecule has 0 atom stereocenters.